The fourth-order valence-corrected chi connectivity index (χ4v) is 6.84. The molecule has 0 aromatic heterocycles. The summed E-state index contributed by atoms with van der Waals surface area (Å²) in [6.45, 7) is 3.84. The van der Waals surface area contributed by atoms with Crippen molar-refractivity contribution in [1.82, 2.24) is 20.4 Å². The number of nitrogens with one attached hydrogen (secondary N) is 2. The fourth-order valence-electron chi connectivity index (χ4n) is 4.71. The Balaban J connectivity index is 1.36. The lowest BCUT2D eigenvalue weighted by Gasteiger charge is -2.49. The van der Waals surface area contributed by atoms with Gasteiger partial charge in [0.1, 0.15) is 24.2 Å². The van der Waals surface area contributed by atoms with Crippen LogP contribution in [0.25, 0.3) is 0 Å². The molecule has 0 spiro atoms. The van der Waals surface area contributed by atoms with Gasteiger partial charge in [-0.2, -0.15) is 0 Å². The number of thioether (sulfide) groups is 2. The molecule has 3 amide bonds. The standard InChI is InChI=1S/C29H27N5O6S2/c1-3-18-16-42-27-21(31-25(36)24(32-39-2)33-14-15-41-29(33)30-17-35)26(37)34(27)22(18)28(38)40-23(19-10-6-4-7-11-19)20-12-8-5-9-13-20/h3-15,17,21,23,27,29H,1,16H2,2H3,(H,30,35)(H,31,36)/t21?,27-,29?/m0/s1. The number of esters is 1. The highest BCUT2D eigenvalue weighted by molar-refractivity contribution is 8.02. The van der Waals surface area contributed by atoms with Crippen LogP contribution in [0.3, 0.4) is 0 Å². The van der Waals surface area contributed by atoms with Crippen LogP contribution < -0.4 is 10.6 Å². The number of nitrogens with zero attached hydrogens (tertiary/aromatic N) is 3. The topological polar surface area (TPSA) is 130 Å². The van der Waals surface area contributed by atoms with Crippen LogP contribution in [0, 0.1) is 0 Å². The van der Waals surface area contributed by atoms with Gasteiger partial charge in [-0.05, 0) is 22.1 Å². The molecule has 11 nitrogen and oxygen atoms in total. The van der Waals surface area contributed by atoms with Crippen molar-refractivity contribution in [2.24, 2.45) is 5.16 Å². The summed E-state index contributed by atoms with van der Waals surface area (Å²) in [5.74, 6) is -1.61. The summed E-state index contributed by atoms with van der Waals surface area (Å²) in [5, 5.41) is 10.2. The Kier molecular flexibility index (Phi) is 8.98. The highest BCUT2D eigenvalue weighted by Gasteiger charge is 2.55. The largest absolute Gasteiger partial charge is 0.448 e. The SMILES string of the molecule is C=CC1=C(C(=O)OC(c2ccccc2)c2ccccc2)N2C(=O)C(NC(=O)C(=NOC)N3C=CSC3NC=O)[C@@H]2SC1. The Hall–Kier alpha value is -4.49. The van der Waals surface area contributed by atoms with Crippen LogP contribution in [0.5, 0.6) is 0 Å². The molecule has 3 aliphatic heterocycles. The fraction of sp³-hybridized carbons (Fsp3) is 0.207. The van der Waals surface area contributed by atoms with Crippen LogP contribution in [0.4, 0.5) is 0 Å². The van der Waals surface area contributed by atoms with Crippen molar-refractivity contribution < 1.29 is 28.8 Å². The molecular formula is C29H27N5O6S2. The molecule has 0 bridgehead atoms. The number of rotatable bonds is 9. The maximum Gasteiger partial charge on any atom is 0.356 e. The van der Waals surface area contributed by atoms with E-state index in [0.29, 0.717) is 17.7 Å². The molecular weight excluding hydrogens is 578 g/mol. The van der Waals surface area contributed by atoms with Gasteiger partial charge in [0, 0.05) is 12.0 Å². The van der Waals surface area contributed by atoms with E-state index in [0.717, 1.165) is 11.1 Å². The van der Waals surface area contributed by atoms with Gasteiger partial charge in [0.15, 0.2) is 11.6 Å². The third-order valence-corrected chi connectivity index (χ3v) is 8.87. The lowest BCUT2D eigenvalue weighted by Crippen LogP contribution is -2.71. The lowest BCUT2D eigenvalue weighted by molar-refractivity contribution is -0.154. The number of benzene rings is 2. The van der Waals surface area contributed by atoms with Crippen LogP contribution in [0.2, 0.25) is 0 Å². The summed E-state index contributed by atoms with van der Waals surface area (Å²) >= 11 is 2.64. The third-order valence-electron chi connectivity index (χ3n) is 6.67. The molecule has 2 unspecified atom stereocenters. The zero-order chi connectivity index (χ0) is 29.6. The number of ether oxygens (including phenoxy) is 1. The van der Waals surface area contributed by atoms with Crippen LogP contribution in [-0.4, -0.2) is 69.6 Å². The summed E-state index contributed by atoms with van der Waals surface area (Å²) in [7, 11) is 1.28. The molecule has 42 heavy (non-hydrogen) atoms. The number of fused-ring (bicyclic) bond motifs is 1. The van der Waals surface area contributed by atoms with Gasteiger partial charge in [-0.1, -0.05) is 90.2 Å². The molecule has 0 saturated carbocycles. The Morgan fingerprint density at radius 1 is 1.12 bits per heavy atom. The van der Waals surface area contributed by atoms with E-state index >= 15 is 0 Å². The predicted molar refractivity (Wildman–Crippen MR) is 159 cm³/mol. The molecule has 2 aromatic rings. The van der Waals surface area contributed by atoms with Gasteiger partial charge in [0.05, 0.1) is 0 Å². The molecule has 13 heteroatoms. The van der Waals surface area contributed by atoms with Crippen molar-refractivity contribution in [1.29, 1.82) is 0 Å². The van der Waals surface area contributed by atoms with Gasteiger partial charge >= 0.3 is 5.97 Å². The highest BCUT2D eigenvalue weighted by Crippen LogP contribution is 2.42. The average Bonchev–Trinajstić information content (AvgIpc) is 3.48. The number of amides is 3. The molecule has 1 fully saturated rings. The van der Waals surface area contributed by atoms with Gasteiger partial charge in [-0.25, -0.2) is 4.79 Å². The van der Waals surface area contributed by atoms with E-state index in [1.807, 2.05) is 60.7 Å². The lowest BCUT2D eigenvalue weighted by atomic mass is 10.0. The molecule has 5 rings (SSSR count). The van der Waals surface area contributed by atoms with E-state index < -0.39 is 40.8 Å². The summed E-state index contributed by atoms with van der Waals surface area (Å²) in [4.78, 5) is 59.1. The van der Waals surface area contributed by atoms with E-state index in [2.05, 4.69) is 22.4 Å². The quantitative estimate of drug-likeness (QED) is 0.111. The first kappa shape index (κ1) is 29.0. The molecule has 3 heterocycles. The summed E-state index contributed by atoms with van der Waals surface area (Å²) < 4.78 is 6.06. The van der Waals surface area contributed by atoms with Crippen LogP contribution in [0.15, 0.2) is 101 Å². The number of allylic oxidation sites excluding steroid dienone is 1. The van der Waals surface area contributed by atoms with E-state index in [1.165, 1.54) is 40.4 Å². The highest BCUT2D eigenvalue weighted by atomic mass is 32.2. The van der Waals surface area contributed by atoms with Gasteiger partial charge in [0.2, 0.25) is 12.2 Å². The number of oxime groups is 1. The van der Waals surface area contributed by atoms with Crippen LogP contribution >= 0.6 is 23.5 Å². The molecule has 3 atom stereocenters. The number of carbonyl (C=O) groups is 4. The number of β-lactam (4-membered cyclic amide) rings is 1. The predicted octanol–water partition coefficient (Wildman–Crippen LogP) is 2.67. The first-order valence-corrected chi connectivity index (χ1v) is 14.8. The van der Waals surface area contributed by atoms with Crippen molar-refractivity contribution in [2.75, 3.05) is 12.9 Å². The van der Waals surface area contributed by atoms with Crippen molar-refractivity contribution in [2.45, 2.75) is 23.0 Å². The smallest absolute Gasteiger partial charge is 0.356 e. The normalized spacial score (nSPS) is 21.4. The summed E-state index contributed by atoms with van der Waals surface area (Å²) in [6, 6.07) is 17.8. The van der Waals surface area contributed by atoms with E-state index in [1.54, 1.807) is 17.7 Å². The monoisotopic (exact) mass is 605 g/mol. The minimum Gasteiger partial charge on any atom is -0.448 e. The average molecular weight is 606 g/mol. The Bertz CT molecular complexity index is 1430. The molecule has 216 valence electrons. The molecule has 0 aliphatic carbocycles. The van der Waals surface area contributed by atoms with E-state index in [9.17, 15) is 19.2 Å². The Morgan fingerprint density at radius 3 is 2.38 bits per heavy atom. The molecule has 2 N–H and O–H groups in total. The maximum absolute atomic E-state index is 13.7. The van der Waals surface area contributed by atoms with Crippen LogP contribution in [-0.2, 0) is 28.8 Å². The van der Waals surface area contributed by atoms with Gasteiger partial charge in [-0.15, -0.1) is 11.8 Å². The van der Waals surface area contributed by atoms with Crippen molar-refractivity contribution in [3.63, 3.8) is 0 Å². The maximum atomic E-state index is 13.7. The second-order valence-electron chi connectivity index (χ2n) is 9.11. The second-order valence-corrected chi connectivity index (χ2v) is 11.2. The molecule has 3 aliphatic rings. The van der Waals surface area contributed by atoms with Gasteiger partial charge in [0.25, 0.3) is 11.8 Å². The Morgan fingerprint density at radius 2 is 1.79 bits per heavy atom. The minimum absolute atomic E-state index is 0.0982. The Labute approximate surface area is 250 Å². The van der Waals surface area contributed by atoms with Crippen molar-refractivity contribution >= 4 is 53.6 Å². The zero-order valence-electron chi connectivity index (χ0n) is 22.4. The van der Waals surface area contributed by atoms with Crippen molar-refractivity contribution in [3.8, 4) is 0 Å². The number of hydrogen-bond acceptors (Lipinski definition) is 9. The van der Waals surface area contributed by atoms with Crippen molar-refractivity contribution in [3.05, 3.63) is 107 Å². The first-order chi connectivity index (χ1) is 20.5. The number of hydrogen-bond donors (Lipinski definition) is 2. The molecule has 1 saturated heterocycles. The second kappa shape index (κ2) is 13.0. The van der Waals surface area contributed by atoms with E-state index in [4.69, 9.17) is 9.57 Å². The first-order valence-electron chi connectivity index (χ1n) is 12.8. The summed E-state index contributed by atoms with van der Waals surface area (Å²) in [5.41, 5.74) is 1.60. The molecule has 2 aromatic carbocycles. The number of carbonyl (C=O) groups excluding carboxylic acids is 4. The third kappa shape index (κ3) is 5.65. The minimum atomic E-state index is -0.936. The van der Waals surface area contributed by atoms with E-state index in [-0.39, 0.29) is 11.5 Å². The van der Waals surface area contributed by atoms with Crippen LogP contribution in [0.1, 0.15) is 17.2 Å². The van der Waals surface area contributed by atoms with Gasteiger partial charge in [-0.3, -0.25) is 24.2 Å². The summed E-state index contributed by atoms with van der Waals surface area (Å²) in [6.07, 6.45) is 2.91. The van der Waals surface area contributed by atoms with Gasteiger partial charge < -0.3 is 20.2 Å². The molecule has 0 radical (unpaired) electrons. The number of amidine groups is 1. The zero-order valence-corrected chi connectivity index (χ0v) is 24.0.